The molecule has 0 aliphatic rings. The summed E-state index contributed by atoms with van der Waals surface area (Å²) in [5.74, 6) is 0.945. The summed E-state index contributed by atoms with van der Waals surface area (Å²) in [6.07, 6.45) is 8.19. The van der Waals surface area contributed by atoms with Gasteiger partial charge in [0, 0.05) is 12.0 Å². The summed E-state index contributed by atoms with van der Waals surface area (Å²) >= 11 is 0. The molecule has 0 aromatic heterocycles. The highest BCUT2D eigenvalue weighted by Gasteiger charge is 2.19. The second kappa shape index (κ2) is 10.4. The highest BCUT2D eigenvalue weighted by Crippen LogP contribution is 2.14. The molecule has 0 saturated carbocycles. The summed E-state index contributed by atoms with van der Waals surface area (Å²) in [5, 5.41) is 3.25. The monoisotopic (exact) mass is 255 g/mol. The number of carbonyl (C=O) groups is 1. The molecule has 0 aromatic rings. The van der Waals surface area contributed by atoms with Crippen LogP contribution in [0.5, 0.6) is 0 Å². The molecule has 1 N–H and O–H groups in total. The maximum absolute atomic E-state index is 12.1. The Morgan fingerprint density at radius 1 is 0.944 bits per heavy atom. The van der Waals surface area contributed by atoms with E-state index >= 15 is 0 Å². The van der Waals surface area contributed by atoms with Gasteiger partial charge in [-0.2, -0.15) is 0 Å². The largest absolute Gasteiger partial charge is 0.353 e. The Hall–Kier alpha value is -0.530. The first-order valence-electron chi connectivity index (χ1n) is 7.83. The minimum absolute atomic E-state index is 0.164. The van der Waals surface area contributed by atoms with Crippen LogP contribution in [0.1, 0.15) is 79.6 Å². The summed E-state index contributed by atoms with van der Waals surface area (Å²) in [6.45, 7) is 10.8. The number of carbonyl (C=O) groups excluding carboxylic acids is 1. The van der Waals surface area contributed by atoms with E-state index in [1.54, 1.807) is 0 Å². The van der Waals surface area contributed by atoms with E-state index in [0.717, 1.165) is 19.3 Å². The molecule has 108 valence electrons. The highest BCUT2D eigenvalue weighted by molar-refractivity contribution is 5.78. The first kappa shape index (κ1) is 17.5. The predicted molar refractivity (Wildman–Crippen MR) is 79.6 cm³/mol. The average Bonchev–Trinajstić information content (AvgIpc) is 2.34. The van der Waals surface area contributed by atoms with Crippen LogP contribution in [0.2, 0.25) is 0 Å². The van der Waals surface area contributed by atoms with E-state index in [4.69, 9.17) is 0 Å². The zero-order valence-corrected chi connectivity index (χ0v) is 13.1. The average molecular weight is 255 g/mol. The molecule has 0 aliphatic heterocycles. The molecule has 0 aliphatic carbocycles. The van der Waals surface area contributed by atoms with E-state index in [-0.39, 0.29) is 11.8 Å². The minimum Gasteiger partial charge on any atom is -0.353 e. The van der Waals surface area contributed by atoms with Crippen LogP contribution in [0.3, 0.4) is 0 Å². The molecule has 2 atom stereocenters. The smallest absolute Gasteiger partial charge is 0.223 e. The van der Waals surface area contributed by atoms with E-state index in [9.17, 15) is 4.79 Å². The van der Waals surface area contributed by atoms with E-state index in [1.165, 1.54) is 25.7 Å². The maximum Gasteiger partial charge on any atom is 0.223 e. The second-order valence-electron chi connectivity index (χ2n) is 5.90. The predicted octanol–water partition coefficient (Wildman–Crippen LogP) is 4.53. The molecule has 0 bridgehead atoms. The lowest BCUT2D eigenvalue weighted by atomic mass is 9.96. The molecule has 2 unspecified atom stereocenters. The third kappa shape index (κ3) is 7.73. The van der Waals surface area contributed by atoms with Crippen molar-refractivity contribution in [2.45, 2.75) is 85.6 Å². The summed E-state index contributed by atoms with van der Waals surface area (Å²) < 4.78 is 0. The molecule has 0 fully saturated rings. The molecule has 0 heterocycles. The van der Waals surface area contributed by atoms with Gasteiger partial charge in [-0.05, 0) is 18.8 Å². The number of hydrogen-bond donors (Lipinski definition) is 1. The van der Waals surface area contributed by atoms with Crippen LogP contribution in [-0.2, 0) is 4.79 Å². The topological polar surface area (TPSA) is 29.1 Å². The van der Waals surface area contributed by atoms with Crippen molar-refractivity contribution in [1.82, 2.24) is 5.32 Å². The van der Waals surface area contributed by atoms with E-state index in [0.29, 0.717) is 12.0 Å². The van der Waals surface area contributed by atoms with Crippen LogP contribution in [0, 0.1) is 11.8 Å². The Bertz CT molecular complexity index is 213. The molecule has 2 nitrogen and oxygen atoms in total. The Morgan fingerprint density at radius 2 is 1.56 bits per heavy atom. The van der Waals surface area contributed by atoms with Gasteiger partial charge in [0.2, 0.25) is 5.91 Å². The van der Waals surface area contributed by atoms with Gasteiger partial charge in [-0.25, -0.2) is 0 Å². The molecular formula is C16H33NO. The highest BCUT2D eigenvalue weighted by atomic mass is 16.1. The van der Waals surface area contributed by atoms with Gasteiger partial charge in [0.15, 0.2) is 0 Å². The number of rotatable bonds is 10. The molecule has 1 amide bonds. The van der Waals surface area contributed by atoms with Crippen molar-refractivity contribution in [3.05, 3.63) is 0 Å². The van der Waals surface area contributed by atoms with Crippen molar-refractivity contribution < 1.29 is 4.79 Å². The van der Waals surface area contributed by atoms with E-state index < -0.39 is 0 Å². The summed E-state index contributed by atoms with van der Waals surface area (Å²) in [4.78, 5) is 12.1. The second-order valence-corrected chi connectivity index (χ2v) is 5.90. The third-order valence-electron chi connectivity index (χ3n) is 3.69. The van der Waals surface area contributed by atoms with Gasteiger partial charge >= 0.3 is 0 Å². The van der Waals surface area contributed by atoms with Gasteiger partial charge in [0.1, 0.15) is 0 Å². The van der Waals surface area contributed by atoms with Crippen LogP contribution in [0.25, 0.3) is 0 Å². The van der Waals surface area contributed by atoms with Crippen molar-refractivity contribution in [3.63, 3.8) is 0 Å². The van der Waals surface area contributed by atoms with Gasteiger partial charge in [-0.3, -0.25) is 4.79 Å². The van der Waals surface area contributed by atoms with Crippen molar-refractivity contribution in [2.24, 2.45) is 11.8 Å². The molecule has 0 rings (SSSR count). The third-order valence-corrected chi connectivity index (χ3v) is 3.69. The number of unbranched alkanes of at least 4 members (excludes halogenated alkanes) is 3. The van der Waals surface area contributed by atoms with Crippen LogP contribution in [-0.4, -0.2) is 11.9 Å². The van der Waals surface area contributed by atoms with Gasteiger partial charge in [-0.15, -0.1) is 0 Å². The standard InChI is InChI=1S/C16H33NO/c1-6-8-10-12-15(13(3)4)17-16(18)14(5)11-9-7-2/h13-15H,6-12H2,1-5H3,(H,17,18). The van der Waals surface area contributed by atoms with E-state index in [1.807, 2.05) is 0 Å². The lowest BCUT2D eigenvalue weighted by Crippen LogP contribution is -2.41. The van der Waals surface area contributed by atoms with Crippen LogP contribution < -0.4 is 5.32 Å². The Morgan fingerprint density at radius 3 is 2.06 bits per heavy atom. The lowest BCUT2D eigenvalue weighted by molar-refractivity contribution is -0.125. The first-order valence-corrected chi connectivity index (χ1v) is 7.83. The number of hydrogen-bond acceptors (Lipinski definition) is 1. The van der Waals surface area contributed by atoms with Crippen LogP contribution in [0.15, 0.2) is 0 Å². The van der Waals surface area contributed by atoms with E-state index in [2.05, 4.69) is 39.9 Å². The summed E-state index contributed by atoms with van der Waals surface area (Å²) in [7, 11) is 0. The van der Waals surface area contributed by atoms with Crippen molar-refractivity contribution >= 4 is 5.91 Å². The molecule has 0 radical (unpaired) electrons. The fraction of sp³-hybridized carbons (Fsp3) is 0.938. The fourth-order valence-corrected chi connectivity index (χ4v) is 2.15. The Labute approximate surface area is 114 Å². The van der Waals surface area contributed by atoms with Crippen molar-refractivity contribution in [2.75, 3.05) is 0 Å². The van der Waals surface area contributed by atoms with Gasteiger partial charge < -0.3 is 5.32 Å². The molecule has 0 saturated heterocycles. The molecule has 0 aromatic carbocycles. The Kier molecular flexibility index (Phi) is 10.1. The zero-order valence-electron chi connectivity index (χ0n) is 13.1. The van der Waals surface area contributed by atoms with Gasteiger partial charge in [0.05, 0.1) is 0 Å². The van der Waals surface area contributed by atoms with Gasteiger partial charge in [0.25, 0.3) is 0 Å². The van der Waals surface area contributed by atoms with Gasteiger partial charge in [-0.1, -0.05) is 66.7 Å². The maximum atomic E-state index is 12.1. The zero-order chi connectivity index (χ0) is 14.0. The molecule has 2 heteroatoms. The minimum atomic E-state index is 0.164. The quantitative estimate of drug-likeness (QED) is 0.571. The fourth-order valence-electron chi connectivity index (χ4n) is 2.15. The number of amides is 1. The number of nitrogens with one attached hydrogen (secondary N) is 1. The van der Waals surface area contributed by atoms with Crippen LogP contribution in [0.4, 0.5) is 0 Å². The van der Waals surface area contributed by atoms with Crippen LogP contribution >= 0.6 is 0 Å². The normalized spacial score (nSPS) is 14.6. The molecule has 0 spiro atoms. The lowest BCUT2D eigenvalue weighted by Gasteiger charge is -2.24. The summed E-state index contributed by atoms with van der Waals surface area (Å²) in [6, 6.07) is 0.355. The SMILES string of the molecule is CCCCCC(NC(=O)C(C)CCCC)C(C)C. The molecule has 18 heavy (non-hydrogen) atoms. The first-order chi connectivity index (χ1) is 8.52. The van der Waals surface area contributed by atoms with Crippen molar-refractivity contribution in [1.29, 1.82) is 0 Å². The molecular weight excluding hydrogens is 222 g/mol. The summed E-state index contributed by atoms with van der Waals surface area (Å²) in [5.41, 5.74) is 0. The Balaban J connectivity index is 4.09. The van der Waals surface area contributed by atoms with Crippen molar-refractivity contribution in [3.8, 4) is 0 Å².